The molecule has 1 heterocycles. The lowest BCUT2D eigenvalue weighted by Crippen LogP contribution is -2.15. The molecule has 21 heavy (non-hydrogen) atoms. The molecule has 0 radical (unpaired) electrons. The number of nitro benzene ring substituents is 1. The molecule has 2 aromatic carbocycles. The van der Waals surface area contributed by atoms with E-state index in [0.717, 1.165) is 0 Å². The molecule has 0 unspecified atom stereocenters. The fourth-order valence-corrected chi connectivity index (χ4v) is 2.31. The first-order valence-corrected chi connectivity index (χ1v) is 6.45. The molecule has 7 heteroatoms. The van der Waals surface area contributed by atoms with E-state index in [1.807, 2.05) is 0 Å². The summed E-state index contributed by atoms with van der Waals surface area (Å²) < 4.78 is 6.51. The first kappa shape index (κ1) is 13.4. The van der Waals surface area contributed by atoms with Crippen LogP contribution in [-0.4, -0.2) is 9.49 Å². The Morgan fingerprint density at radius 2 is 2.00 bits per heavy atom. The summed E-state index contributed by atoms with van der Waals surface area (Å²) in [7, 11) is 0. The summed E-state index contributed by atoms with van der Waals surface area (Å²) in [6.45, 7) is 0.107. The van der Waals surface area contributed by atoms with Gasteiger partial charge in [0.2, 0.25) is 0 Å². The fraction of sp³-hybridized carbons (Fsp3) is 0.0714. The highest BCUT2D eigenvalue weighted by molar-refractivity contribution is 6.31. The summed E-state index contributed by atoms with van der Waals surface area (Å²) in [5.41, 5.74) is 1.49. The minimum atomic E-state index is -0.529. The van der Waals surface area contributed by atoms with Crippen LogP contribution in [0.3, 0.4) is 0 Å². The normalized spacial score (nSPS) is 10.9. The Kier molecular flexibility index (Phi) is 3.23. The quantitative estimate of drug-likeness (QED) is 0.550. The van der Waals surface area contributed by atoms with Crippen LogP contribution < -0.4 is 5.76 Å². The van der Waals surface area contributed by atoms with Crippen molar-refractivity contribution in [2.45, 2.75) is 6.54 Å². The summed E-state index contributed by atoms with van der Waals surface area (Å²) in [4.78, 5) is 22.2. The van der Waals surface area contributed by atoms with Crippen molar-refractivity contribution in [3.63, 3.8) is 0 Å². The van der Waals surface area contributed by atoms with Gasteiger partial charge < -0.3 is 4.42 Å². The maximum atomic E-state index is 11.9. The van der Waals surface area contributed by atoms with Gasteiger partial charge in [0.15, 0.2) is 5.58 Å². The third kappa shape index (κ3) is 2.41. The summed E-state index contributed by atoms with van der Waals surface area (Å²) in [5, 5.41) is 11.2. The van der Waals surface area contributed by atoms with E-state index < -0.39 is 10.7 Å². The van der Waals surface area contributed by atoms with Crippen LogP contribution in [0.2, 0.25) is 5.02 Å². The molecule has 0 N–H and O–H groups in total. The number of aromatic nitrogens is 1. The Hall–Kier alpha value is -2.60. The Morgan fingerprint density at radius 3 is 2.76 bits per heavy atom. The van der Waals surface area contributed by atoms with Crippen LogP contribution in [0.1, 0.15) is 5.56 Å². The molecule has 0 amide bonds. The van der Waals surface area contributed by atoms with Crippen molar-refractivity contribution < 1.29 is 9.34 Å². The van der Waals surface area contributed by atoms with Gasteiger partial charge in [0.05, 0.1) is 17.0 Å². The molecule has 0 aliphatic rings. The topological polar surface area (TPSA) is 78.3 Å². The van der Waals surface area contributed by atoms with Crippen LogP contribution in [0.15, 0.2) is 51.7 Å². The molecular formula is C14H9ClN2O4. The van der Waals surface area contributed by atoms with Gasteiger partial charge >= 0.3 is 5.76 Å². The van der Waals surface area contributed by atoms with Crippen molar-refractivity contribution >= 4 is 28.4 Å². The summed E-state index contributed by atoms with van der Waals surface area (Å²) in [5.74, 6) is -0.529. The molecule has 0 spiro atoms. The third-order valence-corrected chi connectivity index (χ3v) is 3.51. The number of oxazole rings is 1. The molecule has 0 aliphatic heterocycles. The van der Waals surface area contributed by atoms with Gasteiger partial charge in [-0.15, -0.1) is 0 Å². The van der Waals surface area contributed by atoms with Crippen molar-refractivity contribution in [2.24, 2.45) is 0 Å². The van der Waals surface area contributed by atoms with Gasteiger partial charge in [-0.3, -0.25) is 14.7 Å². The van der Waals surface area contributed by atoms with E-state index in [0.29, 0.717) is 21.7 Å². The molecule has 0 atom stereocenters. The molecule has 3 aromatic rings. The molecule has 1 aromatic heterocycles. The number of benzene rings is 2. The highest BCUT2D eigenvalue weighted by atomic mass is 35.5. The first-order valence-electron chi connectivity index (χ1n) is 6.07. The number of nitro groups is 1. The zero-order chi connectivity index (χ0) is 15.0. The molecule has 0 fully saturated rings. The SMILES string of the molecule is O=c1oc2ccccc2n1Cc1cc([N+](=O)[O-])ccc1Cl. The molecular weight excluding hydrogens is 296 g/mol. The Bertz CT molecular complexity index is 897. The predicted molar refractivity (Wildman–Crippen MR) is 77.7 cm³/mol. The minimum Gasteiger partial charge on any atom is -0.408 e. The van der Waals surface area contributed by atoms with Crippen LogP contribution >= 0.6 is 11.6 Å². The van der Waals surface area contributed by atoms with E-state index >= 15 is 0 Å². The van der Waals surface area contributed by atoms with Crippen molar-refractivity contribution in [2.75, 3.05) is 0 Å². The van der Waals surface area contributed by atoms with Crippen LogP contribution in [0, 0.1) is 10.1 Å². The number of nitrogens with zero attached hydrogens (tertiary/aromatic N) is 2. The Balaban J connectivity index is 2.10. The van der Waals surface area contributed by atoms with Crippen LogP contribution in [-0.2, 0) is 6.54 Å². The van der Waals surface area contributed by atoms with Crippen LogP contribution in [0.25, 0.3) is 11.1 Å². The predicted octanol–water partition coefficient (Wildman–Crippen LogP) is 3.20. The van der Waals surface area contributed by atoms with E-state index in [2.05, 4.69) is 0 Å². The largest absolute Gasteiger partial charge is 0.420 e. The van der Waals surface area contributed by atoms with Crippen LogP contribution in [0.4, 0.5) is 5.69 Å². The highest BCUT2D eigenvalue weighted by Gasteiger charge is 2.14. The number of fused-ring (bicyclic) bond motifs is 1. The van der Waals surface area contributed by atoms with Crippen LogP contribution in [0.5, 0.6) is 0 Å². The van der Waals surface area contributed by atoms with Gasteiger partial charge in [0.25, 0.3) is 5.69 Å². The molecule has 0 saturated heterocycles. The molecule has 0 saturated carbocycles. The first-order chi connectivity index (χ1) is 10.1. The molecule has 0 bridgehead atoms. The molecule has 0 aliphatic carbocycles. The van der Waals surface area contributed by atoms with Gasteiger partial charge in [0, 0.05) is 17.2 Å². The van der Waals surface area contributed by atoms with Gasteiger partial charge in [-0.2, -0.15) is 0 Å². The lowest BCUT2D eigenvalue weighted by atomic mass is 10.2. The Morgan fingerprint density at radius 1 is 1.24 bits per heavy atom. The average molecular weight is 305 g/mol. The summed E-state index contributed by atoms with van der Waals surface area (Å²) >= 11 is 6.05. The van der Waals surface area contributed by atoms with E-state index in [9.17, 15) is 14.9 Å². The molecule has 6 nitrogen and oxygen atoms in total. The zero-order valence-electron chi connectivity index (χ0n) is 10.7. The smallest absolute Gasteiger partial charge is 0.408 e. The van der Waals surface area contributed by atoms with Crippen molar-refractivity contribution in [3.8, 4) is 0 Å². The standard InChI is InChI=1S/C14H9ClN2O4/c15-11-6-5-10(17(19)20)7-9(11)8-16-12-3-1-2-4-13(12)21-14(16)18/h1-7H,8H2. The van der Waals surface area contributed by atoms with E-state index in [-0.39, 0.29) is 12.2 Å². The maximum Gasteiger partial charge on any atom is 0.420 e. The summed E-state index contributed by atoms with van der Waals surface area (Å²) in [6.07, 6.45) is 0. The average Bonchev–Trinajstić information content (AvgIpc) is 2.77. The maximum absolute atomic E-state index is 11.9. The van der Waals surface area contributed by atoms with Crippen molar-refractivity contribution in [3.05, 3.63) is 73.7 Å². The lowest BCUT2D eigenvalue weighted by Gasteiger charge is -2.05. The molecule has 3 rings (SSSR count). The second-order valence-electron chi connectivity index (χ2n) is 4.45. The number of para-hydroxylation sites is 2. The number of hydrogen-bond donors (Lipinski definition) is 0. The number of halogens is 1. The van der Waals surface area contributed by atoms with Crippen molar-refractivity contribution in [1.29, 1.82) is 0 Å². The molecule has 106 valence electrons. The second-order valence-corrected chi connectivity index (χ2v) is 4.86. The monoisotopic (exact) mass is 304 g/mol. The number of rotatable bonds is 3. The Labute approximate surface area is 123 Å². The highest BCUT2D eigenvalue weighted by Crippen LogP contribution is 2.24. The number of non-ortho nitro benzene ring substituents is 1. The number of hydrogen-bond acceptors (Lipinski definition) is 4. The zero-order valence-corrected chi connectivity index (χ0v) is 11.4. The lowest BCUT2D eigenvalue weighted by molar-refractivity contribution is -0.384. The van der Waals surface area contributed by atoms with Gasteiger partial charge in [-0.1, -0.05) is 23.7 Å². The van der Waals surface area contributed by atoms with Crippen molar-refractivity contribution in [1.82, 2.24) is 4.57 Å². The minimum absolute atomic E-state index is 0.0738. The fourth-order valence-electron chi connectivity index (χ4n) is 2.13. The second kappa shape index (κ2) is 5.06. The van der Waals surface area contributed by atoms with E-state index in [1.165, 1.54) is 22.8 Å². The third-order valence-electron chi connectivity index (χ3n) is 3.14. The van der Waals surface area contributed by atoms with Gasteiger partial charge in [0.1, 0.15) is 0 Å². The van der Waals surface area contributed by atoms with E-state index in [1.54, 1.807) is 24.3 Å². The van der Waals surface area contributed by atoms with Gasteiger partial charge in [-0.05, 0) is 23.8 Å². The summed E-state index contributed by atoms with van der Waals surface area (Å²) in [6, 6.07) is 11.1. The van der Waals surface area contributed by atoms with Gasteiger partial charge in [-0.25, -0.2) is 4.79 Å². The van der Waals surface area contributed by atoms with E-state index in [4.69, 9.17) is 16.0 Å².